The van der Waals surface area contributed by atoms with Crippen LogP contribution in [0.1, 0.15) is 66.9 Å². The zero-order valence-corrected chi connectivity index (χ0v) is 27.0. The lowest BCUT2D eigenvalue weighted by molar-refractivity contribution is -0.512. The molecule has 248 valence electrons. The maximum atomic E-state index is 12.3. The molecule has 14 heteroatoms. The first-order valence-corrected chi connectivity index (χ1v) is 13.9. The molecule has 0 aliphatic rings. The van der Waals surface area contributed by atoms with Crippen LogP contribution >= 0.6 is 0 Å². The van der Waals surface area contributed by atoms with Gasteiger partial charge < -0.3 is 18.9 Å². The lowest BCUT2D eigenvalue weighted by Crippen LogP contribution is -2.43. The van der Waals surface area contributed by atoms with E-state index in [2.05, 4.69) is 20.3 Å². The van der Waals surface area contributed by atoms with Crippen LogP contribution in [0.3, 0.4) is 0 Å². The fourth-order valence-electron chi connectivity index (χ4n) is 2.86. The summed E-state index contributed by atoms with van der Waals surface area (Å²) < 4.78 is 19.7. The van der Waals surface area contributed by atoms with E-state index in [0.717, 1.165) is 14.2 Å². The van der Waals surface area contributed by atoms with E-state index in [9.17, 15) is 19.2 Å². The van der Waals surface area contributed by atoms with E-state index in [1.807, 2.05) is 41.5 Å². The Morgan fingerprint density at radius 1 is 0.750 bits per heavy atom. The van der Waals surface area contributed by atoms with E-state index in [-0.39, 0.29) is 55.7 Å². The lowest BCUT2D eigenvalue weighted by atomic mass is 9.99. The number of benzene rings is 1. The summed E-state index contributed by atoms with van der Waals surface area (Å²) in [6.07, 6.45) is 0.395. The fourth-order valence-corrected chi connectivity index (χ4v) is 2.86. The molecular weight excluding hydrogens is 580 g/mol. The molecule has 0 heterocycles. The molecule has 0 spiro atoms. The molecule has 0 atom stereocenters. The highest BCUT2D eigenvalue weighted by Gasteiger charge is 2.32. The number of methoxy groups -OCH3 is 2. The normalized spacial score (nSPS) is 11.7. The predicted octanol–water partition coefficient (Wildman–Crippen LogP) is 4.04. The molecule has 2 amide bonds. The van der Waals surface area contributed by atoms with E-state index in [4.69, 9.17) is 29.0 Å². The zero-order chi connectivity index (χ0) is 33.4. The van der Waals surface area contributed by atoms with Crippen molar-refractivity contribution in [1.29, 1.82) is 0 Å². The maximum absolute atomic E-state index is 12.3. The van der Waals surface area contributed by atoms with Crippen LogP contribution in [0.15, 0.2) is 29.8 Å². The van der Waals surface area contributed by atoms with Gasteiger partial charge in [-0.15, -0.1) is 0 Å². The second-order valence-electron chi connectivity index (χ2n) is 12.2. The molecule has 0 bridgehead atoms. The van der Waals surface area contributed by atoms with Crippen molar-refractivity contribution < 1.29 is 57.7 Å². The first kappa shape index (κ1) is 38.3. The Hall–Kier alpha value is -3.72. The van der Waals surface area contributed by atoms with Crippen LogP contribution in [0.2, 0.25) is 0 Å². The minimum absolute atomic E-state index is 0.0162. The van der Waals surface area contributed by atoms with Gasteiger partial charge in [-0.05, 0) is 41.5 Å². The average Bonchev–Trinajstić information content (AvgIpc) is 2.94. The Bertz CT molecular complexity index is 1070. The summed E-state index contributed by atoms with van der Waals surface area (Å²) in [6.45, 7) is 13.9. The van der Waals surface area contributed by atoms with Crippen molar-refractivity contribution in [1.82, 2.24) is 10.9 Å². The fraction of sp³-hybridized carbons (Fsp3) is 0.600. The first-order chi connectivity index (χ1) is 20.5. The number of rotatable bonds is 16. The summed E-state index contributed by atoms with van der Waals surface area (Å²) in [5.41, 5.74) is 4.35. The van der Waals surface area contributed by atoms with Crippen molar-refractivity contribution in [2.24, 2.45) is 10.8 Å². The smallest absolute Gasteiger partial charge is 0.426 e. The number of hydrogen-bond acceptors (Lipinski definition) is 12. The van der Waals surface area contributed by atoms with Gasteiger partial charge >= 0.3 is 18.0 Å². The van der Waals surface area contributed by atoms with Crippen molar-refractivity contribution in [2.45, 2.75) is 67.1 Å². The van der Waals surface area contributed by atoms with Crippen LogP contribution in [0.4, 0.5) is 4.79 Å². The summed E-state index contributed by atoms with van der Waals surface area (Å²) >= 11 is 0. The third kappa shape index (κ3) is 16.8. The summed E-state index contributed by atoms with van der Waals surface area (Å²) in [5, 5.41) is 0. The SMILES string of the molecule is COC(=O)C(=Cc1ccc(OCCOC(=O)NNC(=O)CCC(C)(OOCC(C)(C)C)OOCC(C)(C)C)cc1)C(=O)OC. The molecular formula is C30H46N2O12. The van der Waals surface area contributed by atoms with Crippen molar-refractivity contribution in [2.75, 3.05) is 40.6 Å². The second-order valence-corrected chi connectivity index (χ2v) is 12.2. The summed E-state index contributed by atoms with van der Waals surface area (Å²) in [6, 6.07) is 6.42. The molecule has 0 radical (unpaired) electrons. The summed E-state index contributed by atoms with van der Waals surface area (Å²) in [5.74, 6) is -3.12. The second kappa shape index (κ2) is 18.2. The number of ether oxygens (including phenoxy) is 4. The predicted molar refractivity (Wildman–Crippen MR) is 157 cm³/mol. The Labute approximate surface area is 258 Å². The van der Waals surface area contributed by atoms with E-state index in [1.54, 1.807) is 31.2 Å². The van der Waals surface area contributed by atoms with E-state index >= 15 is 0 Å². The van der Waals surface area contributed by atoms with Crippen LogP contribution in [0.5, 0.6) is 5.75 Å². The number of hydrogen-bond donors (Lipinski definition) is 2. The van der Waals surface area contributed by atoms with Gasteiger partial charge in [-0.1, -0.05) is 53.7 Å². The van der Waals surface area contributed by atoms with Gasteiger partial charge in [0, 0.05) is 12.8 Å². The topological polar surface area (TPSA) is 166 Å². The van der Waals surface area contributed by atoms with E-state index in [1.165, 1.54) is 6.08 Å². The highest BCUT2D eigenvalue weighted by atomic mass is 17.3. The van der Waals surface area contributed by atoms with Crippen molar-refractivity contribution in [3.8, 4) is 5.75 Å². The quantitative estimate of drug-likeness (QED) is 0.0312. The Morgan fingerprint density at radius 3 is 1.75 bits per heavy atom. The van der Waals surface area contributed by atoms with Gasteiger partial charge in [0.2, 0.25) is 11.7 Å². The number of esters is 2. The zero-order valence-electron chi connectivity index (χ0n) is 27.0. The first-order valence-electron chi connectivity index (χ1n) is 13.9. The highest BCUT2D eigenvalue weighted by molar-refractivity contribution is 6.17. The highest BCUT2D eigenvalue weighted by Crippen LogP contribution is 2.24. The Balaban J connectivity index is 2.47. The van der Waals surface area contributed by atoms with E-state index in [0.29, 0.717) is 11.3 Å². The van der Waals surface area contributed by atoms with Gasteiger partial charge in [0.1, 0.15) is 24.5 Å². The maximum Gasteiger partial charge on any atom is 0.426 e. The molecule has 1 aromatic carbocycles. The van der Waals surface area contributed by atoms with Crippen molar-refractivity contribution >= 4 is 30.0 Å². The van der Waals surface area contributed by atoms with Gasteiger partial charge in [-0.2, -0.15) is 9.78 Å². The standard InChI is InChI=1S/C30H46N2O12/c1-28(2,3)19-41-43-30(7,44-42-20-29(4,5)6)15-14-24(33)31-32-27(36)40-17-16-39-22-12-10-21(11-13-22)18-23(25(34)37-8)26(35)38-9/h10-13,18H,14-17,19-20H2,1-9H3,(H,31,33)(H,32,36). The number of carbonyl (C=O) groups is 4. The molecule has 0 unspecified atom stereocenters. The molecule has 0 saturated heterocycles. The van der Waals surface area contributed by atoms with Crippen LogP contribution in [-0.2, 0) is 48.1 Å². The number of amides is 2. The van der Waals surface area contributed by atoms with Gasteiger partial charge in [0.05, 0.1) is 27.4 Å². The van der Waals surface area contributed by atoms with Gasteiger partial charge in [0.15, 0.2) is 0 Å². The third-order valence-corrected chi connectivity index (χ3v) is 5.15. The molecule has 0 saturated carbocycles. The minimum atomic E-state index is -1.38. The molecule has 0 aliphatic heterocycles. The number of carbonyl (C=O) groups excluding carboxylic acids is 4. The summed E-state index contributed by atoms with van der Waals surface area (Å²) in [4.78, 5) is 69.4. The molecule has 0 fully saturated rings. The van der Waals surface area contributed by atoms with Crippen molar-refractivity contribution in [3.63, 3.8) is 0 Å². The average molecular weight is 627 g/mol. The van der Waals surface area contributed by atoms with Crippen LogP contribution < -0.4 is 15.6 Å². The molecule has 1 aromatic rings. The third-order valence-electron chi connectivity index (χ3n) is 5.15. The molecule has 44 heavy (non-hydrogen) atoms. The number of hydrazine groups is 1. The van der Waals surface area contributed by atoms with E-state index < -0.39 is 29.7 Å². The molecule has 14 nitrogen and oxygen atoms in total. The molecule has 1 rings (SSSR count). The van der Waals surface area contributed by atoms with Crippen LogP contribution in [-0.4, -0.2) is 70.4 Å². The van der Waals surface area contributed by atoms with Gasteiger partial charge in [-0.3, -0.25) is 10.2 Å². The monoisotopic (exact) mass is 626 g/mol. The molecule has 0 aromatic heterocycles. The number of nitrogens with one attached hydrogen (secondary N) is 2. The van der Waals surface area contributed by atoms with Gasteiger partial charge in [0.25, 0.3) is 0 Å². The van der Waals surface area contributed by atoms with Crippen molar-refractivity contribution in [3.05, 3.63) is 35.4 Å². The van der Waals surface area contributed by atoms with Gasteiger partial charge in [-0.25, -0.2) is 29.6 Å². The summed E-state index contributed by atoms with van der Waals surface area (Å²) in [7, 11) is 2.32. The Kier molecular flexibility index (Phi) is 15.8. The largest absolute Gasteiger partial charge is 0.490 e. The van der Waals surface area contributed by atoms with Crippen LogP contribution in [0, 0.1) is 10.8 Å². The lowest BCUT2D eigenvalue weighted by Gasteiger charge is -2.29. The van der Waals surface area contributed by atoms with Crippen LogP contribution in [0.25, 0.3) is 6.08 Å². The molecule has 0 aliphatic carbocycles. The molecule has 2 N–H and O–H groups in total. The minimum Gasteiger partial charge on any atom is -0.490 e. The Morgan fingerprint density at radius 2 is 1.27 bits per heavy atom.